The van der Waals surface area contributed by atoms with Gasteiger partial charge in [0.05, 0.1) is 12.8 Å². The van der Waals surface area contributed by atoms with Gasteiger partial charge in [-0.2, -0.15) is 0 Å². The van der Waals surface area contributed by atoms with E-state index in [1.54, 1.807) is 12.3 Å². The minimum Gasteiger partial charge on any atom is -0.467 e. The summed E-state index contributed by atoms with van der Waals surface area (Å²) in [4.78, 5) is 16.4. The number of furan rings is 1. The second kappa shape index (κ2) is 10.8. The predicted molar refractivity (Wildman–Crippen MR) is 125 cm³/mol. The molecular weight excluding hydrogens is 535 g/mol. The lowest BCUT2D eigenvalue weighted by atomic mass is 9.96. The molecule has 8 heteroatoms. The summed E-state index contributed by atoms with van der Waals surface area (Å²) in [6, 6.07) is 12.1. The topological polar surface area (TPSA) is 78.7 Å². The Kier molecular flexibility index (Phi) is 8.81. The summed E-state index contributed by atoms with van der Waals surface area (Å²) in [6.07, 6.45) is 3.89. The summed E-state index contributed by atoms with van der Waals surface area (Å²) in [6.45, 7) is 3.99. The lowest BCUT2D eigenvalue weighted by molar-refractivity contribution is -0.119. The number of nitrogens with zero attached hydrogens (tertiary/aromatic N) is 1. The van der Waals surface area contributed by atoms with Gasteiger partial charge in [0.2, 0.25) is 5.91 Å². The number of hydrogen-bond acceptors (Lipinski definition) is 3. The van der Waals surface area contributed by atoms with Crippen LogP contribution in [-0.2, 0) is 16.8 Å². The van der Waals surface area contributed by atoms with Crippen LogP contribution in [0.4, 0.5) is 0 Å². The summed E-state index contributed by atoms with van der Waals surface area (Å²) >= 11 is 3.55. The van der Waals surface area contributed by atoms with Crippen LogP contribution in [0.3, 0.4) is 0 Å². The number of benzene rings is 1. The van der Waals surface area contributed by atoms with Gasteiger partial charge in [-0.1, -0.05) is 28.1 Å². The van der Waals surface area contributed by atoms with Crippen molar-refractivity contribution in [2.24, 2.45) is 4.99 Å². The van der Waals surface area contributed by atoms with Gasteiger partial charge in [0.25, 0.3) is 0 Å². The quantitative estimate of drug-likeness (QED) is 0.262. The Hall–Kier alpha value is -1.55. The standard InChI is InChI=1S/C20H25BrN4O2.HI/c1-2-22-19(24-13-18(26)23-12-17-7-4-10-27-17)25-14-20(8-9-20)15-5-3-6-16(21)11-15;/h3-7,10-11H,2,8-9,12-14H2,1H3,(H,23,26)(H2,22,24,25);1H. The molecule has 0 unspecified atom stereocenters. The molecule has 0 saturated heterocycles. The number of amides is 1. The van der Waals surface area contributed by atoms with Gasteiger partial charge in [0, 0.05) is 23.0 Å². The zero-order chi connectivity index (χ0) is 19.1. The molecule has 28 heavy (non-hydrogen) atoms. The third-order valence-corrected chi connectivity index (χ3v) is 5.14. The first-order valence-electron chi connectivity index (χ1n) is 9.19. The zero-order valence-electron chi connectivity index (χ0n) is 15.8. The Morgan fingerprint density at radius 3 is 2.68 bits per heavy atom. The normalized spacial score (nSPS) is 14.7. The molecule has 0 spiro atoms. The summed E-state index contributed by atoms with van der Waals surface area (Å²) in [7, 11) is 0. The molecule has 0 radical (unpaired) electrons. The molecule has 3 N–H and O–H groups in total. The number of carbonyl (C=O) groups is 1. The molecule has 0 atom stereocenters. The summed E-state index contributed by atoms with van der Waals surface area (Å²) < 4.78 is 6.30. The maximum absolute atomic E-state index is 12.0. The van der Waals surface area contributed by atoms with Crippen LogP contribution < -0.4 is 16.0 Å². The zero-order valence-corrected chi connectivity index (χ0v) is 19.8. The van der Waals surface area contributed by atoms with E-state index in [0.717, 1.165) is 36.2 Å². The summed E-state index contributed by atoms with van der Waals surface area (Å²) in [5.41, 5.74) is 1.48. The first-order valence-corrected chi connectivity index (χ1v) is 9.98. The van der Waals surface area contributed by atoms with Crippen LogP contribution in [0.2, 0.25) is 0 Å². The Bertz CT molecular complexity index is 791. The fourth-order valence-corrected chi connectivity index (χ4v) is 3.34. The molecule has 1 heterocycles. The summed E-state index contributed by atoms with van der Waals surface area (Å²) in [5.74, 6) is 1.24. The average molecular weight is 561 g/mol. The number of carbonyl (C=O) groups excluding carboxylic acids is 1. The number of halogens is 2. The van der Waals surface area contributed by atoms with Crippen molar-refractivity contribution in [2.75, 3.05) is 19.6 Å². The van der Waals surface area contributed by atoms with E-state index in [4.69, 9.17) is 4.42 Å². The van der Waals surface area contributed by atoms with E-state index in [1.165, 1.54) is 5.56 Å². The van der Waals surface area contributed by atoms with E-state index in [-0.39, 0.29) is 41.8 Å². The predicted octanol–water partition coefficient (Wildman–Crippen LogP) is 3.56. The number of rotatable bonds is 8. The third kappa shape index (κ3) is 6.51. The van der Waals surface area contributed by atoms with Crippen LogP contribution in [0.25, 0.3) is 0 Å². The van der Waals surface area contributed by atoms with Gasteiger partial charge >= 0.3 is 0 Å². The van der Waals surface area contributed by atoms with Crippen LogP contribution in [0, 0.1) is 0 Å². The molecule has 0 aliphatic heterocycles. The Labute approximate surface area is 191 Å². The van der Waals surface area contributed by atoms with Crippen molar-refractivity contribution in [3.63, 3.8) is 0 Å². The monoisotopic (exact) mass is 560 g/mol. The lowest BCUT2D eigenvalue weighted by Crippen LogP contribution is -2.42. The summed E-state index contributed by atoms with van der Waals surface area (Å²) in [5, 5.41) is 9.39. The second-order valence-corrected chi connectivity index (χ2v) is 7.61. The molecule has 1 amide bonds. The maximum Gasteiger partial charge on any atom is 0.242 e. The molecule has 1 fully saturated rings. The molecule has 2 aromatic rings. The van der Waals surface area contributed by atoms with Crippen LogP contribution in [0.1, 0.15) is 31.1 Å². The maximum atomic E-state index is 12.0. The Morgan fingerprint density at radius 2 is 2.04 bits per heavy atom. The number of hydrogen-bond donors (Lipinski definition) is 3. The highest BCUT2D eigenvalue weighted by molar-refractivity contribution is 14.0. The smallest absolute Gasteiger partial charge is 0.242 e. The van der Waals surface area contributed by atoms with Crippen molar-refractivity contribution < 1.29 is 9.21 Å². The minimum absolute atomic E-state index is 0. The minimum atomic E-state index is -0.142. The average Bonchev–Trinajstić information content (AvgIpc) is 3.28. The van der Waals surface area contributed by atoms with Crippen molar-refractivity contribution in [1.82, 2.24) is 16.0 Å². The van der Waals surface area contributed by atoms with Crippen molar-refractivity contribution in [2.45, 2.75) is 31.7 Å². The van der Waals surface area contributed by atoms with Crippen LogP contribution in [0.5, 0.6) is 0 Å². The molecule has 1 aliphatic rings. The van der Waals surface area contributed by atoms with Gasteiger partial charge < -0.3 is 20.4 Å². The van der Waals surface area contributed by atoms with Gasteiger partial charge in [-0.3, -0.25) is 4.79 Å². The molecule has 152 valence electrons. The van der Waals surface area contributed by atoms with Crippen LogP contribution in [0.15, 0.2) is 56.5 Å². The van der Waals surface area contributed by atoms with Gasteiger partial charge in [0.15, 0.2) is 5.96 Å². The van der Waals surface area contributed by atoms with Gasteiger partial charge in [-0.05, 0) is 49.6 Å². The highest BCUT2D eigenvalue weighted by Crippen LogP contribution is 2.48. The lowest BCUT2D eigenvalue weighted by Gasteiger charge is -2.19. The molecule has 1 aromatic carbocycles. The van der Waals surface area contributed by atoms with Crippen molar-refractivity contribution >= 4 is 51.8 Å². The van der Waals surface area contributed by atoms with Crippen molar-refractivity contribution in [3.05, 3.63) is 58.5 Å². The van der Waals surface area contributed by atoms with E-state index in [1.807, 2.05) is 19.1 Å². The molecule has 0 bridgehead atoms. The Morgan fingerprint density at radius 1 is 1.21 bits per heavy atom. The number of nitrogens with one attached hydrogen (secondary N) is 3. The molecule has 6 nitrogen and oxygen atoms in total. The van der Waals surface area contributed by atoms with Gasteiger partial charge in [0.1, 0.15) is 12.3 Å². The first kappa shape index (κ1) is 22.7. The molecule has 1 saturated carbocycles. The Balaban J connectivity index is 0.00000280. The number of guanidine groups is 1. The van der Waals surface area contributed by atoms with Crippen molar-refractivity contribution in [3.8, 4) is 0 Å². The second-order valence-electron chi connectivity index (χ2n) is 6.70. The van der Waals surface area contributed by atoms with Crippen molar-refractivity contribution in [1.29, 1.82) is 0 Å². The van der Waals surface area contributed by atoms with E-state index in [9.17, 15) is 4.79 Å². The molecular formula is C20H26BrIN4O2. The van der Waals surface area contributed by atoms with Crippen LogP contribution >= 0.6 is 39.9 Å². The molecule has 1 aliphatic carbocycles. The highest BCUT2D eigenvalue weighted by atomic mass is 127. The fraction of sp³-hybridized carbons (Fsp3) is 0.400. The SMILES string of the molecule is CCNC(=NCC(=O)NCc1ccco1)NCC1(c2cccc(Br)c2)CC1.I. The van der Waals surface area contributed by atoms with E-state index >= 15 is 0 Å². The van der Waals surface area contributed by atoms with E-state index in [2.05, 4.69) is 55.1 Å². The van der Waals surface area contributed by atoms with Crippen LogP contribution in [-0.4, -0.2) is 31.5 Å². The molecule has 1 aromatic heterocycles. The van der Waals surface area contributed by atoms with E-state index in [0.29, 0.717) is 12.5 Å². The fourth-order valence-electron chi connectivity index (χ4n) is 2.94. The van der Waals surface area contributed by atoms with Gasteiger partial charge in [-0.25, -0.2) is 4.99 Å². The highest BCUT2D eigenvalue weighted by Gasteiger charge is 2.44. The van der Waals surface area contributed by atoms with Gasteiger partial charge in [-0.15, -0.1) is 24.0 Å². The van der Waals surface area contributed by atoms with E-state index < -0.39 is 0 Å². The third-order valence-electron chi connectivity index (χ3n) is 4.65. The first-order chi connectivity index (χ1) is 13.1. The number of aliphatic imine (C=N–C) groups is 1. The molecule has 3 rings (SSSR count). The largest absolute Gasteiger partial charge is 0.467 e.